The molecule has 0 bridgehead atoms. The number of nitrogens with one attached hydrogen (secondary N) is 1. The van der Waals surface area contributed by atoms with E-state index in [9.17, 15) is 9.59 Å². The highest BCUT2D eigenvalue weighted by Crippen LogP contribution is 2.46. The molecule has 3 aliphatic rings. The van der Waals surface area contributed by atoms with Crippen LogP contribution < -0.4 is 11.1 Å². The Hall–Kier alpha value is -3.30. The van der Waals surface area contributed by atoms with E-state index < -0.39 is 0 Å². The van der Waals surface area contributed by atoms with Crippen molar-refractivity contribution in [2.75, 3.05) is 20.3 Å². The van der Waals surface area contributed by atoms with E-state index in [1.807, 2.05) is 68.5 Å². The van der Waals surface area contributed by atoms with Crippen molar-refractivity contribution in [3.63, 3.8) is 0 Å². The molecule has 4 atom stereocenters. The van der Waals surface area contributed by atoms with E-state index in [-0.39, 0.29) is 43.6 Å². The van der Waals surface area contributed by atoms with Crippen molar-refractivity contribution >= 4 is 11.9 Å². The number of carbonyl (C=O) groups excluding carboxylic acids is 2. The predicted octanol–water partition coefficient (Wildman–Crippen LogP) is 7.87. The lowest BCUT2D eigenvalue weighted by atomic mass is 9.62. The molecule has 0 spiro atoms. The van der Waals surface area contributed by atoms with E-state index in [2.05, 4.69) is 26.1 Å². The summed E-state index contributed by atoms with van der Waals surface area (Å²) in [4.78, 5) is 24.0. The van der Waals surface area contributed by atoms with Crippen LogP contribution in [0.15, 0.2) is 84.5 Å². The predicted molar refractivity (Wildman–Crippen MR) is 196 cm³/mol. The number of nitrogens with two attached hydrogens (primary N) is 1. The summed E-state index contributed by atoms with van der Waals surface area (Å²) in [6, 6.07) is 18.6. The zero-order valence-corrected chi connectivity index (χ0v) is 29.9. The fourth-order valence-electron chi connectivity index (χ4n) is 7.24. The first kappa shape index (κ1) is 39.1. The quantitative estimate of drug-likeness (QED) is 0.155. The lowest BCUT2D eigenvalue weighted by Gasteiger charge is -2.49. The summed E-state index contributed by atoms with van der Waals surface area (Å²) in [5.74, 6) is -0.551. The molecule has 5 rings (SSSR count). The van der Waals surface area contributed by atoms with Gasteiger partial charge in [-0.05, 0) is 106 Å². The maximum atomic E-state index is 12.3. The summed E-state index contributed by atoms with van der Waals surface area (Å²) < 4.78 is 17.4. The number of allylic oxidation sites excluding steroid dienone is 3. The Morgan fingerprint density at radius 1 is 0.896 bits per heavy atom. The third-order valence-corrected chi connectivity index (χ3v) is 9.19. The van der Waals surface area contributed by atoms with Gasteiger partial charge in [-0.1, -0.05) is 75.4 Å². The van der Waals surface area contributed by atoms with Crippen LogP contribution in [0.2, 0.25) is 0 Å². The van der Waals surface area contributed by atoms with Gasteiger partial charge in [0.2, 0.25) is 0 Å². The van der Waals surface area contributed by atoms with Crippen LogP contribution >= 0.6 is 0 Å². The minimum Gasteiger partial charge on any atom is -0.459 e. The Kier molecular flexibility index (Phi) is 15.1. The van der Waals surface area contributed by atoms with Gasteiger partial charge < -0.3 is 25.1 Å². The molecule has 4 unspecified atom stereocenters. The van der Waals surface area contributed by atoms with Crippen LogP contribution in [0.4, 0.5) is 0 Å². The molecule has 0 amide bonds. The number of aliphatic hydroxyl groups is 1. The van der Waals surface area contributed by atoms with Crippen LogP contribution in [0.1, 0.15) is 110 Å². The highest BCUT2D eigenvalue weighted by Gasteiger charge is 2.44. The zero-order chi connectivity index (χ0) is 35.2. The van der Waals surface area contributed by atoms with Crippen LogP contribution in [0.3, 0.4) is 0 Å². The first-order valence-electron chi connectivity index (χ1n) is 17.4. The van der Waals surface area contributed by atoms with Gasteiger partial charge in [0.25, 0.3) is 0 Å². The van der Waals surface area contributed by atoms with Crippen LogP contribution in [0.25, 0.3) is 0 Å². The molecule has 0 radical (unpaired) electrons. The SMILES string of the molecule is CC(CC1=CC=C1)OC(=O)c1ccccc1.CC(COC1(NC2CC(C)(C)CC(C)(CN)C2)CCCC1)OC(=O)c1ccccc1.CO.[HH].[HH]. The number of hydrogen-bond acceptors (Lipinski definition) is 8. The van der Waals surface area contributed by atoms with Gasteiger partial charge in [0.1, 0.15) is 17.9 Å². The molecular weight excluding hydrogens is 604 g/mol. The molecule has 8 heteroatoms. The molecule has 0 aromatic heterocycles. The molecular formula is C40H62N2O6. The number of aliphatic hydroxyl groups excluding tert-OH is 1. The van der Waals surface area contributed by atoms with E-state index in [0.29, 0.717) is 23.8 Å². The second kappa shape index (κ2) is 18.5. The number of benzene rings is 2. The van der Waals surface area contributed by atoms with Crippen LogP contribution in [0, 0.1) is 10.8 Å². The molecule has 3 aliphatic carbocycles. The minimum absolute atomic E-state index is 0. The average molecular weight is 667 g/mol. The number of esters is 2. The molecule has 268 valence electrons. The monoisotopic (exact) mass is 666 g/mol. The minimum atomic E-state index is -0.318. The molecule has 0 saturated heterocycles. The topological polar surface area (TPSA) is 120 Å². The Labute approximate surface area is 291 Å². The number of ether oxygens (including phenoxy) is 3. The largest absolute Gasteiger partial charge is 0.459 e. The van der Waals surface area contributed by atoms with Crippen molar-refractivity contribution in [3.8, 4) is 0 Å². The molecule has 2 aromatic rings. The normalized spacial score (nSPS) is 23.1. The van der Waals surface area contributed by atoms with Crippen molar-refractivity contribution in [1.29, 1.82) is 0 Å². The maximum Gasteiger partial charge on any atom is 0.338 e. The van der Waals surface area contributed by atoms with E-state index in [0.717, 1.165) is 65.0 Å². The van der Waals surface area contributed by atoms with Crippen molar-refractivity contribution in [2.24, 2.45) is 16.6 Å². The van der Waals surface area contributed by atoms with E-state index in [4.69, 9.17) is 25.1 Å². The fourth-order valence-corrected chi connectivity index (χ4v) is 7.24. The first-order valence-corrected chi connectivity index (χ1v) is 17.4. The molecule has 48 heavy (non-hydrogen) atoms. The first-order chi connectivity index (χ1) is 22.9. The van der Waals surface area contributed by atoms with Crippen LogP contribution in [0.5, 0.6) is 0 Å². The smallest absolute Gasteiger partial charge is 0.338 e. The van der Waals surface area contributed by atoms with Gasteiger partial charge in [-0.2, -0.15) is 0 Å². The Morgan fingerprint density at radius 2 is 1.42 bits per heavy atom. The Bertz CT molecular complexity index is 1350. The Morgan fingerprint density at radius 3 is 1.90 bits per heavy atom. The summed E-state index contributed by atoms with van der Waals surface area (Å²) >= 11 is 0. The van der Waals surface area contributed by atoms with Gasteiger partial charge in [0.05, 0.1) is 17.7 Å². The van der Waals surface area contributed by atoms with Gasteiger partial charge in [-0.15, -0.1) is 0 Å². The molecule has 4 N–H and O–H groups in total. The lowest BCUT2D eigenvalue weighted by molar-refractivity contribution is -0.109. The second-order valence-electron chi connectivity index (χ2n) is 14.6. The van der Waals surface area contributed by atoms with Crippen molar-refractivity contribution in [3.05, 3.63) is 95.6 Å². The van der Waals surface area contributed by atoms with Crippen molar-refractivity contribution in [1.82, 2.24) is 5.32 Å². The van der Waals surface area contributed by atoms with Gasteiger partial charge in [-0.25, -0.2) is 9.59 Å². The highest BCUT2D eigenvalue weighted by molar-refractivity contribution is 5.89. The molecule has 0 heterocycles. The number of carbonyl (C=O) groups is 2. The van der Waals surface area contributed by atoms with Gasteiger partial charge in [0, 0.05) is 22.4 Å². The summed E-state index contributed by atoms with van der Waals surface area (Å²) in [5, 5.41) is 10.9. The molecule has 2 fully saturated rings. The molecule has 8 nitrogen and oxygen atoms in total. The summed E-state index contributed by atoms with van der Waals surface area (Å²) in [7, 11) is 1.00. The third kappa shape index (κ3) is 12.3. The fraction of sp³-hybridized carbons (Fsp3) is 0.550. The Balaban J connectivity index is 0.000000530. The standard InChI is InChI=1S/C25H40N2O3.C14H14O2.CH4O.2H2/c1-19(30-22(28)20-10-6-5-7-11-20)16-29-25(12-8-9-13-25)27-21-14-23(2,3)17-24(4,15-21)18-26;1-11(10-12-6-5-7-12)16-14(15)13-8-3-2-4-9-13;1-2;;/h5-7,10-11,19,21,27H,8-9,12-18,26H2,1-4H3;2-9,11H,10H2,1H3;2H,1H3;2*1H. The third-order valence-electron chi connectivity index (χ3n) is 9.19. The maximum absolute atomic E-state index is 12.3. The average Bonchev–Trinajstić information content (AvgIpc) is 3.51. The van der Waals surface area contributed by atoms with E-state index in [1.165, 1.54) is 5.57 Å². The summed E-state index contributed by atoms with van der Waals surface area (Å²) in [5.41, 5.74) is 8.67. The van der Waals surface area contributed by atoms with Crippen molar-refractivity contribution in [2.45, 2.75) is 110 Å². The number of rotatable bonds is 12. The zero-order valence-electron chi connectivity index (χ0n) is 29.9. The highest BCUT2D eigenvalue weighted by atomic mass is 16.6. The summed E-state index contributed by atoms with van der Waals surface area (Å²) in [6.45, 7) is 11.9. The second-order valence-corrected chi connectivity index (χ2v) is 14.6. The van der Waals surface area contributed by atoms with Crippen LogP contribution in [-0.4, -0.2) is 61.3 Å². The van der Waals surface area contributed by atoms with Gasteiger partial charge in [-0.3, -0.25) is 5.32 Å². The number of hydrogen-bond donors (Lipinski definition) is 3. The lowest BCUT2D eigenvalue weighted by Crippen LogP contribution is -2.56. The van der Waals surface area contributed by atoms with Gasteiger partial charge in [0.15, 0.2) is 0 Å². The van der Waals surface area contributed by atoms with E-state index in [1.54, 1.807) is 24.3 Å². The van der Waals surface area contributed by atoms with Gasteiger partial charge >= 0.3 is 11.9 Å². The molecule has 2 aromatic carbocycles. The molecule has 0 aliphatic heterocycles. The van der Waals surface area contributed by atoms with E-state index >= 15 is 0 Å². The van der Waals surface area contributed by atoms with Crippen LogP contribution in [-0.2, 0) is 14.2 Å². The molecule has 2 saturated carbocycles. The summed E-state index contributed by atoms with van der Waals surface area (Å²) in [6.07, 6.45) is 14.2. The van der Waals surface area contributed by atoms with Crippen molar-refractivity contribution < 1.29 is 31.8 Å².